The van der Waals surface area contributed by atoms with Gasteiger partial charge in [-0.2, -0.15) is 0 Å². The molecule has 0 fully saturated rings. The molecule has 0 aliphatic heterocycles. The maximum atomic E-state index is 12.9. The number of aromatic hydroxyl groups is 1. The van der Waals surface area contributed by atoms with Crippen molar-refractivity contribution in [1.29, 1.82) is 0 Å². The van der Waals surface area contributed by atoms with Crippen LogP contribution in [-0.2, 0) is 6.42 Å². The van der Waals surface area contributed by atoms with Gasteiger partial charge < -0.3 is 37.6 Å². The van der Waals surface area contributed by atoms with Gasteiger partial charge in [0.15, 0.2) is 22.7 Å². The highest BCUT2D eigenvalue weighted by Gasteiger charge is 2.20. The highest BCUT2D eigenvalue weighted by atomic mass is 16.5. The Hall–Kier alpha value is -5.90. The summed E-state index contributed by atoms with van der Waals surface area (Å²) in [6, 6.07) is 15.0. The average molecular weight is 641 g/mol. The van der Waals surface area contributed by atoms with Crippen LogP contribution in [0.4, 0.5) is 0 Å². The van der Waals surface area contributed by atoms with E-state index in [2.05, 4.69) is 13.2 Å². The molecule has 0 saturated heterocycles. The SMILES string of the molecule is C.C=CCOc1cc(OC)c2c(=O)c3cccc(OC)c3oc2c1.C=CCc1c(O)cc(OC)c2c(=O)c3cccc(OC)c3oc12. The maximum absolute atomic E-state index is 12.9. The van der Waals surface area contributed by atoms with Crippen molar-refractivity contribution in [2.45, 2.75) is 13.8 Å². The molecule has 0 unspecified atom stereocenters. The van der Waals surface area contributed by atoms with Crippen molar-refractivity contribution in [3.63, 3.8) is 0 Å². The average Bonchev–Trinajstić information content (AvgIpc) is 3.08. The van der Waals surface area contributed by atoms with Gasteiger partial charge in [-0.05, 0) is 30.7 Å². The normalized spacial score (nSPS) is 10.6. The first kappa shape index (κ1) is 34.0. The Kier molecular flexibility index (Phi) is 10.5. The maximum Gasteiger partial charge on any atom is 0.204 e. The molecule has 0 aliphatic carbocycles. The number of allylic oxidation sites excluding steroid dienone is 1. The number of phenolic OH excluding ortho intramolecular Hbond substituents is 1. The van der Waals surface area contributed by atoms with Gasteiger partial charge in [0.2, 0.25) is 10.9 Å². The van der Waals surface area contributed by atoms with Crippen molar-refractivity contribution in [3.05, 3.63) is 106 Å². The van der Waals surface area contributed by atoms with E-state index in [-0.39, 0.29) is 35.4 Å². The van der Waals surface area contributed by atoms with Gasteiger partial charge in [-0.1, -0.05) is 38.3 Å². The lowest BCUT2D eigenvalue weighted by atomic mass is 10.0. The van der Waals surface area contributed by atoms with Crippen molar-refractivity contribution in [3.8, 4) is 34.5 Å². The van der Waals surface area contributed by atoms with Crippen LogP contribution >= 0.6 is 0 Å². The molecule has 0 aliphatic rings. The molecular weight excluding hydrogens is 604 g/mol. The van der Waals surface area contributed by atoms with Crippen LogP contribution in [0.1, 0.15) is 13.0 Å². The number of hydrogen-bond acceptors (Lipinski definition) is 10. The minimum atomic E-state index is -0.234. The van der Waals surface area contributed by atoms with E-state index in [0.717, 1.165) is 0 Å². The summed E-state index contributed by atoms with van der Waals surface area (Å²) in [5, 5.41) is 11.7. The van der Waals surface area contributed by atoms with Gasteiger partial charge in [-0.3, -0.25) is 9.59 Å². The largest absolute Gasteiger partial charge is 0.507 e. The molecule has 0 spiro atoms. The second kappa shape index (κ2) is 14.5. The molecule has 2 heterocycles. The van der Waals surface area contributed by atoms with E-state index in [1.54, 1.807) is 60.7 Å². The number of hydrogen-bond donors (Lipinski definition) is 1. The van der Waals surface area contributed by atoms with E-state index in [4.69, 9.17) is 32.5 Å². The molecule has 6 rings (SSSR count). The topological polar surface area (TPSA) is 127 Å². The first-order chi connectivity index (χ1) is 22.3. The molecule has 0 atom stereocenters. The first-order valence-electron chi connectivity index (χ1n) is 14.1. The minimum Gasteiger partial charge on any atom is -0.507 e. The second-order valence-electron chi connectivity index (χ2n) is 9.91. The highest BCUT2D eigenvalue weighted by molar-refractivity contribution is 5.98. The van der Waals surface area contributed by atoms with E-state index in [1.807, 2.05) is 0 Å². The number of methoxy groups -OCH3 is 4. The molecule has 0 bridgehead atoms. The van der Waals surface area contributed by atoms with Crippen LogP contribution in [0, 0.1) is 0 Å². The molecule has 10 nitrogen and oxygen atoms in total. The van der Waals surface area contributed by atoms with Crippen molar-refractivity contribution < 1.29 is 37.6 Å². The third-order valence-corrected chi connectivity index (χ3v) is 7.28. The number of benzene rings is 4. The summed E-state index contributed by atoms with van der Waals surface area (Å²) in [5.41, 5.74) is 1.48. The van der Waals surface area contributed by atoms with Crippen LogP contribution < -0.4 is 34.5 Å². The number of fused-ring (bicyclic) bond motifs is 4. The standard InChI is InChI=1S/2C18H16O5.CH4/c1-4-8-22-11-9-14(21-3)16-15(10-11)23-18-12(17(16)19)6-5-7-13(18)20-2;1-4-6-10-12(19)9-14(22-3)15-16(20)11-7-5-8-13(21-2)17(11)23-18(10)15;/h4-7,9-10H,1,8H2,2-3H3;4-5,7-9,19H,1,6H2,2-3H3;1H4. The van der Waals surface area contributed by atoms with Gasteiger partial charge >= 0.3 is 0 Å². The van der Waals surface area contributed by atoms with Crippen LogP contribution in [-0.4, -0.2) is 40.2 Å². The van der Waals surface area contributed by atoms with Crippen molar-refractivity contribution in [1.82, 2.24) is 0 Å². The van der Waals surface area contributed by atoms with Crippen LogP contribution in [0.3, 0.4) is 0 Å². The van der Waals surface area contributed by atoms with Crippen LogP contribution in [0.5, 0.6) is 34.5 Å². The zero-order valence-corrected chi connectivity index (χ0v) is 25.8. The number of ether oxygens (including phenoxy) is 5. The Labute approximate surface area is 270 Å². The van der Waals surface area contributed by atoms with E-state index >= 15 is 0 Å². The Morgan fingerprint density at radius 3 is 1.81 bits per heavy atom. The predicted octanol–water partition coefficient (Wildman–Crippen LogP) is 7.56. The van der Waals surface area contributed by atoms with Gasteiger partial charge in [-0.15, -0.1) is 6.58 Å². The zero-order chi connectivity index (χ0) is 33.0. The van der Waals surface area contributed by atoms with Gasteiger partial charge in [0.25, 0.3) is 0 Å². The van der Waals surface area contributed by atoms with Crippen molar-refractivity contribution in [2.24, 2.45) is 0 Å². The Balaban J connectivity index is 0.000000208. The third-order valence-electron chi connectivity index (χ3n) is 7.28. The fourth-order valence-corrected chi connectivity index (χ4v) is 5.17. The summed E-state index contributed by atoms with van der Waals surface area (Å²) in [6.45, 7) is 7.63. The lowest BCUT2D eigenvalue weighted by Crippen LogP contribution is -2.06. The van der Waals surface area contributed by atoms with Crippen molar-refractivity contribution >= 4 is 43.9 Å². The summed E-state index contributed by atoms with van der Waals surface area (Å²) in [7, 11) is 5.98. The molecule has 10 heteroatoms. The van der Waals surface area contributed by atoms with Gasteiger partial charge in [0.1, 0.15) is 51.5 Å². The predicted molar refractivity (Wildman–Crippen MR) is 184 cm³/mol. The summed E-state index contributed by atoms with van der Waals surface area (Å²) >= 11 is 0. The summed E-state index contributed by atoms with van der Waals surface area (Å²) in [6.07, 6.45) is 3.62. The van der Waals surface area contributed by atoms with Gasteiger partial charge in [0, 0.05) is 23.8 Å². The molecule has 0 radical (unpaired) electrons. The Morgan fingerprint density at radius 2 is 1.26 bits per heavy atom. The molecule has 244 valence electrons. The van der Waals surface area contributed by atoms with E-state index in [1.165, 1.54) is 34.5 Å². The van der Waals surface area contributed by atoms with E-state index < -0.39 is 0 Å². The molecule has 0 saturated carbocycles. The summed E-state index contributed by atoms with van der Waals surface area (Å²) < 4.78 is 38.5. The van der Waals surface area contributed by atoms with Crippen LogP contribution in [0.2, 0.25) is 0 Å². The van der Waals surface area contributed by atoms with Crippen LogP contribution in [0.15, 0.2) is 98.3 Å². The van der Waals surface area contributed by atoms with Crippen LogP contribution in [0.25, 0.3) is 43.9 Å². The summed E-state index contributed by atoms with van der Waals surface area (Å²) in [4.78, 5) is 25.7. The molecule has 6 aromatic rings. The quantitative estimate of drug-likeness (QED) is 0.125. The minimum absolute atomic E-state index is 0. The second-order valence-corrected chi connectivity index (χ2v) is 9.91. The molecule has 2 aromatic heterocycles. The molecule has 4 aromatic carbocycles. The lowest BCUT2D eigenvalue weighted by Gasteiger charge is -2.12. The molecular formula is C37H36O10. The van der Waals surface area contributed by atoms with Crippen molar-refractivity contribution in [2.75, 3.05) is 35.0 Å². The molecule has 0 amide bonds. The van der Waals surface area contributed by atoms with Gasteiger partial charge in [0.05, 0.1) is 39.2 Å². The number of rotatable bonds is 9. The fraction of sp³-hybridized carbons (Fsp3) is 0.189. The summed E-state index contributed by atoms with van der Waals surface area (Å²) in [5.74, 6) is 2.15. The lowest BCUT2D eigenvalue weighted by molar-refractivity contribution is 0.357. The first-order valence-corrected chi connectivity index (χ1v) is 14.1. The third kappa shape index (κ3) is 6.17. The Bertz CT molecular complexity index is 2230. The Morgan fingerprint density at radius 1 is 0.702 bits per heavy atom. The van der Waals surface area contributed by atoms with E-state index in [9.17, 15) is 14.7 Å². The monoisotopic (exact) mass is 640 g/mol. The number of phenols is 1. The smallest absolute Gasteiger partial charge is 0.204 e. The molecule has 1 N–H and O–H groups in total. The zero-order valence-electron chi connectivity index (χ0n) is 25.8. The van der Waals surface area contributed by atoms with E-state index in [0.29, 0.717) is 79.9 Å². The van der Waals surface area contributed by atoms with Gasteiger partial charge in [-0.25, -0.2) is 0 Å². The fourth-order valence-electron chi connectivity index (χ4n) is 5.17. The number of para-hydroxylation sites is 2. The molecule has 47 heavy (non-hydrogen) atoms. The highest BCUT2D eigenvalue weighted by Crippen LogP contribution is 2.38.